The predicted molar refractivity (Wildman–Crippen MR) is 122 cm³/mol. The summed E-state index contributed by atoms with van der Waals surface area (Å²) in [6, 6.07) is 8.70. The minimum absolute atomic E-state index is 0.129. The lowest BCUT2D eigenvalue weighted by molar-refractivity contribution is -0.147. The topological polar surface area (TPSA) is 91.0 Å². The summed E-state index contributed by atoms with van der Waals surface area (Å²) in [6.07, 6.45) is 1.37. The molecule has 0 bridgehead atoms. The van der Waals surface area contributed by atoms with Crippen molar-refractivity contribution in [3.05, 3.63) is 51.0 Å². The first-order chi connectivity index (χ1) is 14.3. The maximum atomic E-state index is 12.6. The smallest absolute Gasteiger partial charge is 0.332 e. The molecule has 0 radical (unpaired) electrons. The molecular formula is C20H17Cl2NO5S2. The Labute approximate surface area is 192 Å². The Balaban J connectivity index is 1.63. The number of amides is 1. The second-order valence-electron chi connectivity index (χ2n) is 6.51. The van der Waals surface area contributed by atoms with Gasteiger partial charge in [-0.15, -0.1) is 0 Å². The van der Waals surface area contributed by atoms with Crippen LogP contribution in [0.2, 0.25) is 10.0 Å². The van der Waals surface area contributed by atoms with Crippen molar-refractivity contribution in [3.8, 4) is 11.3 Å². The molecule has 2 heterocycles. The maximum Gasteiger partial charge on any atom is 0.332 e. The van der Waals surface area contributed by atoms with Gasteiger partial charge in [-0.3, -0.25) is 9.69 Å². The van der Waals surface area contributed by atoms with E-state index in [1.54, 1.807) is 36.4 Å². The molecule has 1 aromatic carbocycles. The van der Waals surface area contributed by atoms with Crippen LogP contribution >= 0.6 is 47.2 Å². The molecule has 30 heavy (non-hydrogen) atoms. The number of hydrogen-bond acceptors (Lipinski definition) is 6. The number of furan rings is 1. The summed E-state index contributed by atoms with van der Waals surface area (Å²) in [7, 11) is 0. The molecule has 3 rings (SSSR count). The molecule has 1 aliphatic rings. The first kappa shape index (κ1) is 22.8. The van der Waals surface area contributed by atoms with Gasteiger partial charge in [0.2, 0.25) is 0 Å². The number of benzene rings is 1. The normalized spacial score (nSPS) is 16.5. The highest BCUT2D eigenvalue weighted by atomic mass is 35.5. The summed E-state index contributed by atoms with van der Waals surface area (Å²) in [5.41, 5.74) is 0.764. The molecule has 1 aliphatic heterocycles. The van der Waals surface area contributed by atoms with Crippen LogP contribution in [0, 0.1) is 0 Å². The minimum Gasteiger partial charge on any atom is -0.479 e. The lowest BCUT2D eigenvalue weighted by Crippen LogP contribution is -2.29. The second kappa shape index (κ2) is 9.98. The van der Waals surface area contributed by atoms with Gasteiger partial charge in [0, 0.05) is 18.2 Å². The third kappa shape index (κ3) is 5.44. The van der Waals surface area contributed by atoms with E-state index in [0.29, 0.717) is 50.2 Å². The van der Waals surface area contributed by atoms with Crippen LogP contribution in [0.15, 0.2) is 39.7 Å². The van der Waals surface area contributed by atoms with Gasteiger partial charge in [0.1, 0.15) is 15.8 Å². The molecule has 2 N–H and O–H groups in total. The van der Waals surface area contributed by atoms with Crippen molar-refractivity contribution in [1.29, 1.82) is 0 Å². The molecule has 1 amide bonds. The number of carboxylic acids is 1. The van der Waals surface area contributed by atoms with Gasteiger partial charge in [-0.1, -0.05) is 47.2 Å². The SMILES string of the molecule is O=C(O)C(O)CCCCN1C(=O)/C(=C\c2ccc(-c3ccc(Cl)c(Cl)c3)o2)SC1=S. The molecule has 0 saturated carbocycles. The molecule has 2 aromatic rings. The van der Waals surface area contributed by atoms with Crippen LogP contribution < -0.4 is 0 Å². The highest BCUT2D eigenvalue weighted by Crippen LogP contribution is 2.34. The predicted octanol–water partition coefficient (Wildman–Crippen LogP) is 5.07. The molecule has 6 nitrogen and oxygen atoms in total. The monoisotopic (exact) mass is 485 g/mol. The molecule has 10 heteroatoms. The summed E-state index contributed by atoms with van der Waals surface area (Å²) in [5, 5.41) is 18.9. The average molecular weight is 486 g/mol. The number of aliphatic carboxylic acids is 1. The van der Waals surface area contributed by atoms with Crippen LogP contribution in [0.25, 0.3) is 17.4 Å². The number of unbranched alkanes of at least 4 members (excludes halogenated alkanes) is 1. The molecule has 1 unspecified atom stereocenters. The van der Waals surface area contributed by atoms with E-state index in [1.807, 2.05) is 0 Å². The number of thioether (sulfide) groups is 1. The van der Waals surface area contributed by atoms with E-state index in [-0.39, 0.29) is 12.3 Å². The molecule has 0 aliphatic carbocycles. The van der Waals surface area contributed by atoms with Crippen LogP contribution in [0.1, 0.15) is 25.0 Å². The number of aliphatic hydroxyl groups excluding tert-OH is 1. The van der Waals surface area contributed by atoms with Crippen LogP contribution in [0.5, 0.6) is 0 Å². The third-order valence-corrected chi connectivity index (χ3v) is 6.49. The van der Waals surface area contributed by atoms with Crippen molar-refractivity contribution in [2.45, 2.75) is 25.4 Å². The average Bonchev–Trinajstić information content (AvgIpc) is 3.26. The first-order valence-electron chi connectivity index (χ1n) is 8.98. The van der Waals surface area contributed by atoms with Crippen LogP contribution in [0.4, 0.5) is 0 Å². The number of rotatable bonds is 8. The largest absolute Gasteiger partial charge is 0.479 e. The van der Waals surface area contributed by atoms with E-state index in [9.17, 15) is 14.7 Å². The van der Waals surface area contributed by atoms with Crippen molar-refractivity contribution < 1.29 is 24.2 Å². The van der Waals surface area contributed by atoms with E-state index < -0.39 is 12.1 Å². The van der Waals surface area contributed by atoms with E-state index in [4.69, 9.17) is 44.9 Å². The third-order valence-electron chi connectivity index (χ3n) is 4.37. The fraction of sp³-hybridized carbons (Fsp3) is 0.250. The van der Waals surface area contributed by atoms with E-state index >= 15 is 0 Å². The van der Waals surface area contributed by atoms with Crippen molar-refractivity contribution in [2.75, 3.05) is 6.54 Å². The fourth-order valence-electron chi connectivity index (χ4n) is 2.79. The van der Waals surface area contributed by atoms with E-state index in [0.717, 1.165) is 5.56 Å². The molecule has 1 fully saturated rings. The second-order valence-corrected chi connectivity index (χ2v) is 9.00. The first-order valence-corrected chi connectivity index (χ1v) is 11.0. The number of carboxylic acid groups (broad SMARTS) is 1. The van der Waals surface area contributed by atoms with Crippen LogP contribution in [-0.2, 0) is 9.59 Å². The maximum absolute atomic E-state index is 12.6. The zero-order chi connectivity index (χ0) is 21.8. The van der Waals surface area contributed by atoms with Gasteiger partial charge in [0.15, 0.2) is 6.10 Å². The van der Waals surface area contributed by atoms with Gasteiger partial charge in [-0.25, -0.2) is 4.79 Å². The number of nitrogens with zero attached hydrogens (tertiary/aromatic N) is 1. The molecule has 0 spiro atoms. The summed E-state index contributed by atoms with van der Waals surface area (Å²) in [6.45, 7) is 0.362. The van der Waals surface area contributed by atoms with Gasteiger partial charge < -0.3 is 14.6 Å². The highest BCUT2D eigenvalue weighted by molar-refractivity contribution is 8.26. The number of aliphatic hydroxyl groups is 1. The number of thiocarbonyl (C=S) groups is 1. The quantitative estimate of drug-likeness (QED) is 0.306. The summed E-state index contributed by atoms with van der Waals surface area (Å²) in [5.74, 6) is -0.382. The number of carbonyl (C=O) groups excluding carboxylic acids is 1. The van der Waals surface area contributed by atoms with Crippen LogP contribution in [0.3, 0.4) is 0 Å². The Bertz CT molecular complexity index is 1020. The lowest BCUT2D eigenvalue weighted by atomic mass is 10.1. The van der Waals surface area contributed by atoms with Crippen molar-refractivity contribution >= 4 is 69.5 Å². The number of carbonyl (C=O) groups is 2. The number of hydrogen-bond donors (Lipinski definition) is 2. The zero-order valence-corrected chi connectivity index (χ0v) is 18.7. The summed E-state index contributed by atoms with van der Waals surface area (Å²) in [4.78, 5) is 25.2. The van der Waals surface area contributed by atoms with Gasteiger partial charge in [0.25, 0.3) is 5.91 Å². The Hall–Kier alpha value is -1.84. The highest BCUT2D eigenvalue weighted by Gasteiger charge is 2.31. The molecular weight excluding hydrogens is 469 g/mol. The van der Waals surface area contributed by atoms with E-state index in [2.05, 4.69) is 0 Å². The fourth-order valence-corrected chi connectivity index (χ4v) is 4.37. The minimum atomic E-state index is -1.39. The molecule has 1 atom stereocenters. The summed E-state index contributed by atoms with van der Waals surface area (Å²) >= 11 is 18.5. The van der Waals surface area contributed by atoms with Crippen molar-refractivity contribution in [1.82, 2.24) is 4.90 Å². The molecule has 1 saturated heterocycles. The lowest BCUT2D eigenvalue weighted by Gasteiger charge is -2.14. The standard InChI is InChI=1S/C20H17Cl2NO5S2/c21-13-6-4-11(9-14(13)22)16-7-5-12(28-16)10-17-18(25)23(20(29)30-17)8-2-1-3-15(24)19(26)27/h4-7,9-10,15,24H,1-3,8H2,(H,26,27)/b17-10+. The van der Waals surface area contributed by atoms with Gasteiger partial charge in [-0.2, -0.15) is 0 Å². The Morgan fingerprint density at radius 3 is 2.70 bits per heavy atom. The molecule has 1 aromatic heterocycles. The Kier molecular flexibility index (Phi) is 7.60. The van der Waals surface area contributed by atoms with Gasteiger partial charge in [-0.05, 0) is 49.6 Å². The van der Waals surface area contributed by atoms with E-state index in [1.165, 1.54) is 16.7 Å². The molecule has 158 valence electrons. The van der Waals surface area contributed by atoms with Crippen molar-refractivity contribution in [3.63, 3.8) is 0 Å². The zero-order valence-electron chi connectivity index (χ0n) is 15.5. The van der Waals surface area contributed by atoms with Crippen LogP contribution in [-0.4, -0.2) is 44.0 Å². The Morgan fingerprint density at radius 2 is 2.00 bits per heavy atom. The van der Waals surface area contributed by atoms with Gasteiger partial charge in [0.05, 0.1) is 15.0 Å². The Morgan fingerprint density at radius 1 is 1.23 bits per heavy atom. The summed E-state index contributed by atoms with van der Waals surface area (Å²) < 4.78 is 6.24. The number of halogens is 2. The van der Waals surface area contributed by atoms with Crippen molar-refractivity contribution in [2.24, 2.45) is 0 Å². The van der Waals surface area contributed by atoms with Gasteiger partial charge >= 0.3 is 5.97 Å².